The van der Waals surface area contributed by atoms with Crippen molar-refractivity contribution in [2.24, 2.45) is 16.3 Å². The second-order valence-corrected chi connectivity index (χ2v) is 7.75. The molecule has 2 aliphatic rings. The highest BCUT2D eigenvalue weighted by molar-refractivity contribution is 14.0. The van der Waals surface area contributed by atoms with Crippen LogP contribution in [0.15, 0.2) is 29.3 Å². The molecule has 4 atom stereocenters. The second-order valence-electron chi connectivity index (χ2n) is 7.75. The van der Waals surface area contributed by atoms with Gasteiger partial charge in [0.25, 0.3) is 0 Å². The third-order valence-electron chi connectivity index (χ3n) is 5.67. The SMILES string of the molecule is CCC(CNC(=NC)NC1C2CCOC2C1(C)C)Oc1cccc(F)c1.I. The van der Waals surface area contributed by atoms with Crippen molar-refractivity contribution < 1.29 is 13.9 Å². The van der Waals surface area contributed by atoms with Crippen molar-refractivity contribution in [3.8, 4) is 5.75 Å². The minimum absolute atomic E-state index is 0. The molecule has 2 N–H and O–H groups in total. The van der Waals surface area contributed by atoms with E-state index in [0.717, 1.165) is 25.4 Å². The van der Waals surface area contributed by atoms with Crippen LogP contribution in [-0.4, -0.2) is 44.4 Å². The van der Waals surface area contributed by atoms with Crippen molar-refractivity contribution in [3.63, 3.8) is 0 Å². The van der Waals surface area contributed by atoms with Gasteiger partial charge in [0, 0.05) is 37.1 Å². The Morgan fingerprint density at radius 1 is 1.44 bits per heavy atom. The summed E-state index contributed by atoms with van der Waals surface area (Å²) in [6.45, 7) is 7.99. The fourth-order valence-electron chi connectivity index (χ4n) is 4.17. The summed E-state index contributed by atoms with van der Waals surface area (Å²) < 4.78 is 25.1. The average Bonchev–Trinajstić information content (AvgIpc) is 3.07. The predicted molar refractivity (Wildman–Crippen MR) is 116 cm³/mol. The topological polar surface area (TPSA) is 54.9 Å². The summed E-state index contributed by atoms with van der Waals surface area (Å²) in [4.78, 5) is 4.36. The number of halogens is 2. The van der Waals surface area contributed by atoms with Gasteiger partial charge in [0.2, 0.25) is 0 Å². The first kappa shape index (κ1) is 22.2. The highest BCUT2D eigenvalue weighted by Gasteiger charge is 2.59. The Labute approximate surface area is 178 Å². The van der Waals surface area contributed by atoms with Crippen molar-refractivity contribution in [1.82, 2.24) is 10.6 Å². The molecule has 2 fully saturated rings. The van der Waals surface area contributed by atoms with Crippen molar-refractivity contribution >= 4 is 29.9 Å². The molecule has 5 nitrogen and oxygen atoms in total. The summed E-state index contributed by atoms with van der Waals surface area (Å²) in [5, 5.41) is 6.91. The number of rotatable bonds is 6. The summed E-state index contributed by atoms with van der Waals surface area (Å²) >= 11 is 0. The van der Waals surface area contributed by atoms with Gasteiger partial charge >= 0.3 is 0 Å². The number of hydrogen-bond donors (Lipinski definition) is 2. The fourth-order valence-corrected chi connectivity index (χ4v) is 4.17. The van der Waals surface area contributed by atoms with E-state index >= 15 is 0 Å². The Morgan fingerprint density at radius 3 is 2.89 bits per heavy atom. The molecule has 0 radical (unpaired) electrons. The minimum Gasteiger partial charge on any atom is -0.489 e. The molecule has 1 aromatic carbocycles. The standard InChI is InChI=1S/C20H30FN3O2.HI/c1-5-14(26-15-8-6-7-13(21)11-15)12-23-19(22-4)24-17-16-9-10-25-18(16)20(17,2)3;/h6-8,11,14,16-18H,5,9-10,12H2,1-4H3,(H2,22,23,24);1H. The average molecular weight is 491 g/mol. The zero-order valence-corrected chi connectivity index (χ0v) is 18.8. The molecule has 3 rings (SSSR count). The number of ether oxygens (including phenoxy) is 2. The van der Waals surface area contributed by atoms with Gasteiger partial charge in [-0.15, -0.1) is 24.0 Å². The van der Waals surface area contributed by atoms with Gasteiger partial charge in [-0.25, -0.2) is 4.39 Å². The van der Waals surface area contributed by atoms with Gasteiger partial charge in [-0.1, -0.05) is 26.8 Å². The van der Waals surface area contributed by atoms with E-state index in [1.807, 2.05) is 0 Å². The Morgan fingerprint density at radius 2 is 2.22 bits per heavy atom. The van der Waals surface area contributed by atoms with Gasteiger partial charge in [-0.05, 0) is 25.0 Å². The van der Waals surface area contributed by atoms with Crippen LogP contribution in [0.2, 0.25) is 0 Å². The van der Waals surface area contributed by atoms with E-state index in [2.05, 4.69) is 36.4 Å². The summed E-state index contributed by atoms with van der Waals surface area (Å²) in [6, 6.07) is 6.61. The van der Waals surface area contributed by atoms with Crippen LogP contribution in [0.25, 0.3) is 0 Å². The quantitative estimate of drug-likeness (QED) is 0.363. The number of fused-ring (bicyclic) bond motifs is 1. The van der Waals surface area contributed by atoms with Crippen LogP contribution in [0.1, 0.15) is 33.6 Å². The van der Waals surface area contributed by atoms with Gasteiger partial charge in [0.05, 0.1) is 12.6 Å². The number of hydrogen-bond acceptors (Lipinski definition) is 3. The van der Waals surface area contributed by atoms with Gasteiger partial charge in [0.15, 0.2) is 5.96 Å². The third kappa shape index (κ3) is 4.85. The zero-order chi connectivity index (χ0) is 18.7. The molecule has 0 bridgehead atoms. The Hall–Kier alpha value is -1.09. The van der Waals surface area contributed by atoms with E-state index in [-0.39, 0.29) is 41.3 Å². The highest BCUT2D eigenvalue weighted by Crippen LogP contribution is 2.52. The van der Waals surface area contributed by atoms with Crippen LogP contribution < -0.4 is 15.4 Å². The number of benzene rings is 1. The normalized spacial score (nSPS) is 27.0. The zero-order valence-electron chi connectivity index (χ0n) is 16.5. The lowest BCUT2D eigenvalue weighted by Gasteiger charge is -2.54. The monoisotopic (exact) mass is 491 g/mol. The Kier molecular flexibility index (Phi) is 7.73. The van der Waals surface area contributed by atoms with Crippen LogP contribution in [0, 0.1) is 17.2 Å². The summed E-state index contributed by atoms with van der Waals surface area (Å²) in [5.74, 6) is 1.58. The maximum Gasteiger partial charge on any atom is 0.191 e. The smallest absolute Gasteiger partial charge is 0.191 e. The molecule has 1 heterocycles. The maximum atomic E-state index is 13.3. The molecule has 0 aromatic heterocycles. The maximum absolute atomic E-state index is 13.3. The first-order valence-electron chi connectivity index (χ1n) is 9.46. The van der Waals surface area contributed by atoms with Crippen LogP contribution in [0.3, 0.4) is 0 Å². The lowest BCUT2D eigenvalue weighted by atomic mass is 9.57. The van der Waals surface area contributed by atoms with Gasteiger partial charge < -0.3 is 20.1 Å². The van der Waals surface area contributed by atoms with Crippen LogP contribution in [0.4, 0.5) is 4.39 Å². The third-order valence-corrected chi connectivity index (χ3v) is 5.67. The molecule has 152 valence electrons. The Bertz CT molecular complexity index is 656. The van der Waals surface area contributed by atoms with Gasteiger partial charge in [0.1, 0.15) is 17.7 Å². The molecule has 1 saturated heterocycles. The van der Waals surface area contributed by atoms with Gasteiger partial charge in [-0.3, -0.25) is 4.99 Å². The largest absolute Gasteiger partial charge is 0.489 e. The van der Waals surface area contributed by atoms with Crippen molar-refractivity contribution in [3.05, 3.63) is 30.1 Å². The highest BCUT2D eigenvalue weighted by atomic mass is 127. The number of nitrogens with one attached hydrogen (secondary N) is 2. The summed E-state index contributed by atoms with van der Waals surface area (Å²) in [7, 11) is 1.78. The Balaban J connectivity index is 0.00000261. The fraction of sp³-hybridized carbons (Fsp3) is 0.650. The molecule has 0 amide bonds. The van der Waals surface area contributed by atoms with Crippen LogP contribution in [0.5, 0.6) is 5.75 Å². The molecule has 1 aliphatic carbocycles. The van der Waals surface area contributed by atoms with Crippen LogP contribution in [-0.2, 0) is 4.74 Å². The van der Waals surface area contributed by atoms with Crippen molar-refractivity contribution in [2.45, 2.75) is 51.9 Å². The lowest BCUT2D eigenvalue weighted by molar-refractivity contribution is -0.106. The van der Waals surface area contributed by atoms with Crippen molar-refractivity contribution in [1.29, 1.82) is 0 Å². The molecule has 7 heteroatoms. The predicted octanol–water partition coefficient (Wildman–Crippen LogP) is 3.58. The molecular formula is C20H31FIN3O2. The molecule has 0 spiro atoms. The van der Waals surface area contributed by atoms with E-state index in [4.69, 9.17) is 9.47 Å². The van der Waals surface area contributed by atoms with Crippen LogP contribution >= 0.6 is 24.0 Å². The van der Waals surface area contributed by atoms with E-state index in [0.29, 0.717) is 30.4 Å². The van der Waals surface area contributed by atoms with Crippen molar-refractivity contribution in [2.75, 3.05) is 20.2 Å². The summed E-state index contributed by atoms with van der Waals surface area (Å²) in [6.07, 6.45) is 2.20. The molecule has 1 saturated carbocycles. The number of aliphatic imine (C=N–C) groups is 1. The molecular weight excluding hydrogens is 460 g/mol. The van der Waals surface area contributed by atoms with E-state index in [1.165, 1.54) is 12.1 Å². The first-order valence-corrected chi connectivity index (χ1v) is 9.46. The molecule has 1 aliphatic heterocycles. The summed E-state index contributed by atoms with van der Waals surface area (Å²) in [5.41, 5.74) is 0.0982. The van der Waals surface area contributed by atoms with E-state index in [9.17, 15) is 4.39 Å². The molecule has 4 unspecified atom stereocenters. The second kappa shape index (κ2) is 9.41. The lowest BCUT2D eigenvalue weighted by Crippen LogP contribution is -2.68. The van der Waals surface area contributed by atoms with E-state index in [1.54, 1.807) is 19.2 Å². The first-order chi connectivity index (χ1) is 12.5. The molecule has 1 aromatic rings. The molecule has 27 heavy (non-hydrogen) atoms. The number of nitrogens with zero attached hydrogens (tertiary/aromatic N) is 1. The van der Waals surface area contributed by atoms with Gasteiger partial charge in [-0.2, -0.15) is 0 Å². The minimum atomic E-state index is -0.289. The van der Waals surface area contributed by atoms with E-state index < -0.39 is 0 Å². The number of guanidine groups is 1.